The van der Waals surface area contributed by atoms with Crippen LogP contribution in [0, 0.1) is 13.8 Å². The number of thiocarbonyl (C=S) groups is 1. The van der Waals surface area contributed by atoms with Gasteiger partial charge in [0.05, 0.1) is 5.69 Å². The normalized spacial score (nSPS) is 10.3. The molecule has 2 rings (SSSR count). The standard InChI is InChI=1S/C15H15BrN2S/c1-9-4-3-5-12(15(17)19)14(9)18-11-6-7-13(16)10(2)8-11/h3-8,18H,1-2H3,(H2,17,19). The topological polar surface area (TPSA) is 38.0 Å². The maximum Gasteiger partial charge on any atom is 0.106 e. The number of benzene rings is 2. The molecule has 0 saturated heterocycles. The van der Waals surface area contributed by atoms with E-state index in [1.165, 1.54) is 5.56 Å². The Morgan fingerprint density at radius 2 is 1.89 bits per heavy atom. The van der Waals surface area contributed by atoms with Gasteiger partial charge in [0.2, 0.25) is 0 Å². The molecule has 98 valence electrons. The van der Waals surface area contributed by atoms with Gasteiger partial charge in [-0.15, -0.1) is 0 Å². The molecule has 0 unspecified atom stereocenters. The number of hydrogen-bond acceptors (Lipinski definition) is 2. The zero-order valence-corrected chi connectivity index (χ0v) is 13.2. The van der Waals surface area contributed by atoms with Gasteiger partial charge in [0.15, 0.2) is 0 Å². The molecule has 2 aromatic carbocycles. The van der Waals surface area contributed by atoms with Gasteiger partial charge in [0.25, 0.3) is 0 Å². The average Bonchev–Trinajstić information content (AvgIpc) is 2.36. The van der Waals surface area contributed by atoms with E-state index < -0.39 is 0 Å². The number of nitrogens with two attached hydrogens (primary N) is 1. The Bertz CT molecular complexity index is 638. The fourth-order valence-corrected chi connectivity index (χ4v) is 2.32. The first kappa shape index (κ1) is 14.0. The Balaban J connectivity index is 2.42. The summed E-state index contributed by atoms with van der Waals surface area (Å²) < 4.78 is 1.09. The summed E-state index contributed by atoms with van der Waals surface area (Å²) in [4.78, 5) is 0.403. The summed E-state index contributed by atoms with van der Waals surface area (Å²) in [7, 11) is 0. The van der Waals surface area contributed by atoms with Crippen molar-refractivity contribution in [1.82, 2.24) is 0 Å². The molecule has 2 nitrogen and oxygen atoms in total. The highest BCUT2D eigenvalue weighted by atomic mass is 79.9. The Hall–Kier alpha value is -1.39. The van der Waals surface area contributed by atoms with E-state index in [-0.39, 0.29) is 0 Å². The number of aryl methyl sites for hydroxylation is 2. The zero-order valence-electron chi connectivity index (χ0n) is 10.8. The minimum Gasteiger partial charge on any atom is -0.389 e. The molecule has 0 atom stereocenters. The molecule has 0 aliphatic carbocycles. The molecule has 0 radical (unpaired) electrons. The van der Waals surface area contributed by atoms with Crippen molar-refractivity contribution in [3.63, 3.8) is 0 Å². The van der Waals surface area contributed by atoms with Crippen molar-refractivity contribution in [2.75, 3.05) is 5.32 Å². The SMILES string of the molecule is Cc1cc(Nc2c(C)cccc2C(N)=S)ccc1Br. The Labute approximate surface area is 127 Å². The molecule has 0 aliphatic heterocycles. The summed E-state index contributed by atoms with van der Waals surface area (Å²) in [5.41, 5.74) is 10.9. The van der Waals surface area contributed by atoms with Crippen LogP contribution < -0.4 is 11.1 Å². The van der Waals surface area contributed by atoms with Crippen LogP contribution in [0.5, 0.6) is 0 Å². The molecule has 0 fully saturated rings. The third kappa shape index (κ3) is 3.14. The molecule has 0 aromatic heterocycles. The van der Waals surface area contributed by atoms with E-state index in [1.54, 1.807) is 0 Å². The van der Waals surface area contributed by atoms with Crippen molar-refractivity contribution in [3.8, 4) is 0 Å². The van der Waals surface area contributed by atoms with Crippen LogP contribution in [0.4, 0.5) is 11.4 Å². The van der Waals surface area contributed by atoms with Crippen molar-refractivity contribution in [3.05, 3.63) is 57.6 Å². The molecule has 19 heavy (non-hydrogen) atoms. The quantitative estimate of drug-likeness (QED) is 0.814. The lowest BCUT2D eigenvalue weighted by Gasteiger charge is -2.15. The molecular weight excluding hydrogens is 320 g/mol. The fourth-order valence-electron chi connectivity index (χ4n) is 1.91. The van der Waals surface area contributed by atoms with E-state index >= 15 is 0 Å². The first-order valence-electron chi connectivity index (χ1n) is 5.91. The molecule has 0 saturated carbocycles. The van der Waals surface area contributed by atoms with Gasteiger partial charge < -0.3 is 11.1 Å². The third-order valence-electron chi connectivity index (χ3n) is 2.97. The second kappa shape index (κ2) is 5.72. The summed E-state index contributed by atoms with van der Waals surface area (Å²) in [6.45, 7) is 4.09. The molecule has 4 heteroatoms. The highest BCUT2D eigenvalue weighted by Gasteiger charge is 2.08. The minimum absolute atomic E-state index is 0.403. The van der Waals surface area contributed by atoms with Gasteiger partial charge in [-0.1, -0.05) is 40.3 Å². The predicted molar refractivity (Wildman–Crippen MR) is 89.2 cm³/mol. The predicted octanol–water partition coefficient (Wildman–Crippen LogP) is 4.44. The van der Waals surface area contributed by atoms with Crippen LogP contribution in [0.2, 0.25) is 0 Å². The number of para-hydroxylation sites is 1. The lowest BCUT2D eigenvalue weighted by atomic mass is 10.1. The second-order valence-corrected chi connectivity index (χ2v) is 5.74. The van der Waals surface area contributed by atoms with Gasteiger partial charge in [-0.2, -0.15) is 0 Å². The molecule has 3 N–H and O–H groups in total. The number of nitrogens with one attached hydrogen (secondary N) is 1. The van der Waals surface area contributed by atoms with Crippen LogP contribution in [0.1, 0.15) is 16.7 Å². The molecular formula is C15H15BrN2S. The lowest BCUT2D eigenvalue weighted by molar-refractivity contribution is 1.38. The highest BCUT2D eigenvalue weighted by Crippen LogP contribution is 2.27. The van der Waals surface area contributed by atoms with Crippen molar-refractivity contribution in [2.24, 2.45) is 5.73 Å². The largest absolute Gasteiger partial charge is 0.389 e. The molecule has 0 heterocycles. The molecule has 2 aromatic rings. The summed E-state index contributed by atoms with van der Waals surface area (Å²) in [5.74, 6) is 0. The molecule has 0 spiro atoms. The van der Waals surface area contributed by atoms with Gasteiger partial charge in [0.1, 0.15) is 4.99 Å². The first-order valence-corrected chi connectivity index (χ1v) is 7.12. The third-order valence-corrected chi connectivity index (χ3v) is 4.08. The van der Waals surface area contributed by atoms with E-state index in [2.05, 4.69) is 34.2 Å². The maximum absolute atomic E-state index is 5.78. The van der Waals surface area contributed by atoms with Crippen molar-refractivity contribution < 1.29 is 0 Å². The summed E-state index contributed by atoms with van der Waals surface area (Å²) in [6, 6.07) is 12.1. The van der Waals surface area contributed by atoms with Gasteiger partial charge in [-0.3, -0.25) is 0 Å². The highest BCUT2D eigenvalue weighted by molar-refractivity contribution is 9.10. The molecule has 0 amide bonds. The summed E-state index contributed by atoms with van der Waals surface area (Å²) in [6.07, 6.45) is 0. The van der Waals surface area contributed by atoms with E-state index in [4.69, 9.17) is 18.0 Å². The zero-order chi connectivity index (χ0) is 14.0. The fraction of sp³-hybridized carbons (Fsp3) is 0.133. The first-order chi connectivity index (χ1) is 8.99. The van der Waals surface area contributed by atoms with Crippen molar-refractivity contribution >= 4 is 44.5 Å². The van der Waals surface area contributed by atoms with E-state index in [9.17, 15) is 0 Å². The maximum atomic E-state index is 5.78. The lowest BCUT2D eigenvalue weighted by Crippen LogP contribution is -2.12. The van der Waals surface area contributed by atoms with Crippen LogP contribution in [0.15, 0.2) is 40.9 Å². The van der Waals surface area contributed by atoms with E-state index in [0.717, 1.165) is 27.0 Å². The van der Waals surface area contributed by atoms with Gasteiger partial charge in [0, 0.05) is 15.7 Å². The second-order valence-electron chi connectivity index (χ2n) is 4.45. The van der Waals surface area contributed by atoms with Gasteiger partial charge in [-0.05, 0) is 49.2 Å². The average molecular weight is 335 g/mol. The monoisotopic (exact) mass is 334 g/mol. The van der Waals surface area contributed by atoms with E-state index in [0.29, 0.717) is 4.99 Å². The van der Waals surface area contributed by atoms with Gasteiger partial charge in [-0.25, -0.2) is 0 Å². The van der Waals surface area contributed by atoms with Crippen LogP contribution in [-0.4, -0.2) is 4.99 Å². The van der Waals surface area contributed by atoms with Gasteiger partial charge >= 0.3 is 0 Å². The Morgan fingerprint density at radius 1 is 1.16 bits per heavy atom. The van der Waals surface area contributed by atoms with E-state index in [1.807, 2.05) is 37.3 Å². The molecule has 0 aliphatic rings. The van der Waals surface area contributed by atoms with Crippen LogP contribution in [0.25, 0.3) is 0 Å². The summed E-state index contributed by atoms with van der Waals surface area (Å²) >= 11 is 8.60. The molecule has 0 bridgehead atoms. The number of anilines is 2. The Morgan fingerprint density at radius 3 is 2.53 bits per heavy atom. The van der Waals surface area contributed by atoms with Crippen molar-refractivity contribution in [1.29, 1.82) is 0 Å². The smallest absolute Gasteiger partial charge is 0.106 e. The number of halogens is 1. The number of hydrogen-bond donors (Lipinski definition) is 2. The van der Waals surface area contributed by atoms with Crippen LogP contribution in [-0.2, 0) is 0 Å². The van der Waals surface area contributed by atoms with Crippen molar-refractivity contribution in [2.45, 2.75) is 13.8 Å². The van der Waals surface area contributed by atoms with Crippen LogP contribution >= 0.6 is 28.1 Å². The Kier molecular flexibility index (Phi) is 4.22. The number of rotatable bonds is 3. The summed E-state index contributed by atoms with van der Waals surface area (Å²) in [5, 5.41) is 3.40. The minimum atomic E-state index is 0.403. The van der Waals surface area contributed by atoms with Crippen LogP contribution in [0.3, 0.4) is 0 Å².